The fourth-order valence-corrected chi connectivity index (χ4v) is 2.38. The molecule has 0 aliphatic carbocycles. The molecule has 1 aromatic rings. The lowest BCUT2D eigenvalue weighted by molar-refractivity contribution is -0.136. The van der Waals surface area contributed by atoms with Crippen molar-refractivity contribution < 1.29 is 18.3 Å². The first kappa shape index (κ1) is 11.6. The van der Waals surface area contributed by atoms with E-state index < -0.39 is 15.8 Å². The molecule has 6 heteroatoms. The number of pyridine rings is 1. The molecule has 0 saturated carbocycles. The smallest absolute Gasteiger partial charge is 0.304 e. The van der Waals surface area contributed by atoms with E-state index in [0.29, 0.717) is 5.56 Å². The maximum absolute atomic E-state index is 11.4. The summed E-state index contributed by atoms with van der Waals surface area (Å²) in [5.41, 5.74) is 0.621. The minimum atomic E-state index is -3.34. The molecule has 0 radical (unpaired) electrons. The molecule has 0 fully saturated rings. The number of carboxylic acid groups (broad SMARTS) is 1. The van der Waals surface area contributed by atoms with Gasteiger partial charge < -0.3 is 5.11 Å². The van der Waals surface area contributed by atoms with Crippen molar-refractivity contribution in [1.29, 1.82) is 0 Å². The van der Waals surface area contributed by atoms with Gasteiger partial charge in [-0.25, -0.2) is 8.42 Å². The number of rotatable bonds is 5. The highest BCUT2D eigenvalue weighted by Crippen LogP contribution is 2.06. The van der Waals surface area contributed by atoms with Crippen LogP contribution in [0.25, 0.3) is 0 Å². The van der Waals surface area contributed by atoms with Crippen LogP contribution in [0.2, 0.25) is 0 Å². The Kier molecular flexibility index (Phi) is 3.79. The van der Waals surface area contributed by atoms with Crippen molar-refractivity contribution in [2.45, 2.75) is 12.2 Å². The van der Waals surface area contributed by atoms with Crippen LogP contribution < -0.4 is 0 Å². The molecule has 0 amide bonds. The van der Waals surface area contributed by atoms with Crippen molar-refractivity contribution in [2.24, 2.45) is 0 Å². The Hall–Kier alpha value is -1.43. The van der Waals surface area contributed by atoms with Crippen LogP contribution in [0, 0.1) is 0 Å². The second-order valence-corrected chi connectivity index (χ2v) is 5.28. The van der Waals surface area contributed by atoms with Crippen LogP contribution in [-0.2, 0) is 20.4 Å². The van der Waals surface area contributed by atoms with Crippen LogP contribution in [0.1, 0.15) is 12.0 Å². The van der Waals surface area contributed by atoms with Gasteiger partial charge in [0.2, 0.25) is 0 Å². The molecule has 0 saturated heterocycles. The van der Waals surface area contributed by atoms with Crippen molar-refractivity contribution in [1.82, 2.24) is 4.98 Å². The maximum atomic E-state index is 11.4. The van der Waals surface area contributed by atoms with Gasteiger partial charge >= 0.3 is 5.97 Å². The number of nitrogens with zero attached hydrogens (tertiary/aromatic N) is 1. The summed E-state index contributed by atoms with van der Waals surface area (Å²) < 4.78 is 22.8. The summed E-state index contributed by atoms with van der Waals surface area (Å²) in [4.78, 5) is 14.0. The Morgan fingerprint density at radius 2 is 1.93 bits per heavy atom. The van der Waals surface area contributed by atoms with E-state index in [9.17, 15) is 13.2 Å². The third-order valence-corrected chi connectivity index (χ3v) is 3.36. The second kappa shape index (κ2) is 4.88. The average molecular weight is 229 g/mol. The molecule has 0 bridgehead atoms. The first-order chi connectivity index (χ1) is 6.99. The minimum Gasteiger partial charge on any atom is -0.481 e. The molecule has 0 unspecified atom stereocenters. The fraction of sp³-hybridized carbons (Fsp3) is 0.333. The Balaban J connectivity index is 2.61. The summed E-state index contributed by atoms with van der Waals surface area (Å²) in [6.45, 7) is 0. The van der Waals surface area contributed by atoms with Crippen LogP contribution >= 0.6 is 0 Å². The Morgan fingerprint density at radius 3 is 2.47 bits per heavy atom. The van der Waals surface area contributed by atoms with Crippen LogP contribution in [-0.4, -0.2) is 30.2 Å². The molecule has 1 aromatic heterocycles. The molecule has 0 atom stereocenters. The molecule has 82 valence electrons. The van der Waals surface area contributed by atoms with E-state index in [4.69, 9.17) is 5.11 Å². The van der Waals surface area contributed by atoms with Gasteiger partial charge in [-0.1, -0.05) is 0 Å². The predicted molar refractivity (Wildman–Crippen MR) is 54.0 cm³/mol. The van der Waals surface area contributed by atoms with E-state index in [1.807, 2.05) is 0 Å². The third-order valence-electron chi connectivity index (χ3n) is 1.76. The summed E-state index contributed by atoms with van der Waals surface area (Å²) in [6.07, 6.45) is 2.65. The zero-order valence-electron chi connectivity index (χ0n) is 7.96. The fourth-order valence-electron chi connectivity index (χ4n) is 1.05. The quantitative estimate of drug-likeness (QED) is 0.793. The minimum absolute atomic E-state index is 0.136. The number of sulfone groups is 1. The zero-order valence-corrected chi connectivity index (χ0v) is 8.77. The molecule has 15 heavy (non-hydrogen) atoms. The molecule has 0 aliphatic heterocycles. The third kappa shape index (κ3) is 4.55. The van der Waals surface area contributed by atoms with Crippen LogP contribution in [0.5, 0.6) is 0 Å². The lowest BCUT2D eigenvalue weighted by Crippen LogP contribution is -2.12. The first-order valence-corrected chi connectivity index (χ1v) is 6.13. The topological polar surface area (TPSA) is 84.3 Å². The monoisotopic (exact) mass is 229 g/mol. The highest BCUT2D eigenvalue weighted by atomic mass is 32.2. The predicted octanol–water partition coefficient (Wildman–Crippen LogP) is 0.471. The summed E-state index contributed by atoms with van der Waals surface area (Å²) in [6, 6.07) is 3.19. The molecule has 1 rings (SSSR count). The number of hydrogen-bond acceptors (Lipinski definition) is 4. The standard InChI is InChI=1S/C9H11NO4S/c11-9(12)3-6-15(13,14)7-8-1-4-10-5-2-8/h1-2,4-5H,3,6-7H2,(H,11,12). The summed E-state index contributed by atoms with van der Waals surface area (Å²) in [5, 5.41) is 8.37. The summed E-state index contributed by atoms with van der Waals surface area (Å²) in [5.74, 6) is -1.57. The molecule has 0 aliphatic rings. The van der Waals surface area contributed by atoms with Gasteiger partial charge in [0, 0.05) is 12.4 Å². The van der Waals surface area contributed by atoms with Crippen molar-refractivity contribution >= 4 is 15.8 Å². The molecule has 1 N–H and O–H groups in total. The average Bonchev–Trinajstić information content (AvgIpc) is 2.16. The van der Waals surface area contributed by atoms with E-state index in [1.165, 1.54) is 12.4 Å². The Labute approximate surface area is 87.7 Å². The zero-order chi connectivity index (χ0) is 11.3. The van der Waals surface area contributed by atoms with Gasteiger partial charge in [0.25, 0.3) is 0 Å². The van der Waals surface area contributed by atoms with Crippen molar-refractivity contribution in [3.8, 4) is 0 Å². The van der Waals surface area contributed by atoms with Crippen LogP contribution in [0.4, 0.5) is 0 Å². The molecule has 0 spiro atoms. The number of hydrogen-bond donors (Lipinski definition) is 1. The number of carbonyl (C=O) groups is 1. The van der Waals surface area contributed by atoms with Crippen molar-refractivity contribution in [3.63, 3.8) is 0 Å². The number of aromatic nitrogens is 1. The van der Waals surface area contributed by atoms with E-state index in [1.54, 1.807) is 12.1 Å². The van der Waals surface area contributed by atoms with Gasteiger partial charge in [-0.15, -0.1) is 0 Å². The highest BCUT2D eigenvalue weighted by Gasteiger charge is 2.13. The SMILES string of the molecule is O=C(O)CCS(=O)(=O)Cc1ccncc1. The molecule has 0 aromatic carbocycles. The largest absolute Gasteiger partial charge is 0.481 e. The lowest BCUT2D eigenvalue weighted by Gasteiger charge is -2.01. The molecule has 1 heterocycles. The summed E-state index contributed by atoms with van der Waals surface area (Å²) >= 11 is 0. The van der Waals surface area contributed by atoms with Gasteiger partial charge in [-0.05, 0) is 17.7 Å². The second-order valence-electron chi connectivity index (χ2n) is 3.09. The van der Waals surface area contributed by atoms with E-state index >= 15 is 0 Å². The number of aliphatic carboxylic acids is 1. The summed E-state index contributed by atoms with van der Waals surface area (Å²) in [7, 11) is -3.34. The van der Waals surface area contributed by atoms with Gasteiger partial charge in [-0.2, -0.15) is 0 Å². The first-order valence-electron chi connectivity index (χ1n) is 4.31. The van der Waals surface area contributed by atoms with Gasteiger partial charge in [0.15, 0.2) is 9.84 Å². The normalized spacial score (nSPS) is 11.2. The van der Waals surface area contributed by atoms with Gasteiger partial charge in [-0.3, -0.25) is 9.78 Å². The highest BCUT2D eigenvalue weighted by molar-refractivity contribution is 7.90. The van der Waals surface area contributed by atoms with Gasteiger partial charge in [0.05, 0.1) is 17.9 Å². The Bertz CT molecular complexity index is 427. The maximum Gasteiger partial charge on any atom is 0.304 e. The van der Waals surface area contributed by atoms with Gasteiger partial charge in [0.1, 0.15) is 0 Å². The molecular formula is C9H11NO4S. The molecule has 5 nitrogen and oxygen atoms in total. The lowest BCUT2D eigenvalue weighted by atomic mass is 10.3. The van der Waals surface area contributed by atoms with E-state index in [0.717, 1.165) is 0 Å². The van der Waals surface area contributed by atoms with Crippen molar-refractivity contribution in [3.05, 3.63) is 30.1 Å². The molecular weight excluding hydrogens is 218 g/mol. The van der Waals surface area contributed by atoms with Crippen molar-refractivity contribution in [2.75, 3.05) is 5.75 Å². The van der Waals surface area contributed by atoms with E-state index in [2.05, 4.69) is 4.98 Å². The number of carboxylic acids is 1. The Morgan fingerprint density at radius 1 is 1.33 bits per heavy atom. The van der Waals surface area contributed by atoms with Crippen LogP contribution in [0.3, 0.4) is 0 Å². The van der Waals surface area contributed by atoms with Crippen LogP contribution in [0.15, 0.2) is 24.5 Å². The van der Waals surface area contributed by atoms with E-state index in [-0.39, 0.29) is 17.9 Å².